The van der Waals surface area contributed by atoms with E-state index in [1.54, 1.807) is 12.0 Å². The molecule has 1 aliphatic rings. The number of hydrogen-bond donors (Lipinski definition) is 1. The van der Waals surface area contributed by atoms with Gasteiger partial charge in [0.25, 0.3) is 0 Å². The SMILES string of the molecule is COCC(N)CN1C(=O)C(C)(C)c2ccccc21. The molecule has 0 bridgehead atoms. The second kappa shape index (κ2) is 4.71. The first kappa shape index (κ1) is 13.1. The normalized spacial score (nSPS) is 18.9. The van der Waals surface area contributed by atoms with Crippen LogP contribution in [-0.2, 0) is 14.9 Å². The van der Waals surface area contributed by atoms with Crippen molar-refractivity contribution in [1.29, 1.82) is 0 Å². The average Bonchev–Trinajstić information content (AvgIpc) is 2.52. The molecule has 1 amide bonds. The summed E-state index contributed by atoms with van der Waals surface area (Å²) < 4.78 is 5.03. The number of fused-ring (bicyclic) bond motifs is 1. The van der Waals surface area contributed by atoms with Crippen molar-refractivity contribution in [3.8, 4) is 0 Å². The molecular formula is C14H20N2O2. The number of hydrogen-bond acceptors (Lipinski definition) is 3. The summed E-state index contributed by atoms with van der Waals surface area (Å²) in [5.74, 6) is 0.107. The molecule has 1 aromatic rings. The first-order chi connectivity index (χ1) is 8.48. The third kappa shape index (κ3) is 2.02. The zero-order valence-corrected chi connectivity index (χ0v) is 11.1. The van der Waals surface area contributed by atoms with Gasteiger partial charge in [-0.2, -0.15) is 0 Å². The molecule has 2 rings (SSSR count). The molecule has 1 heterocycles. The van der Waals surface area contributed by atoms with Gasteiger partial charge in [-0.05, 0) is 25.5 Å². The summed E-state index contributed by atoms with van der Waals surface area (Å²) in [4.78, 5) is 14.2. The Kier molecular flexibility index (Phi) is 3.41. The fourth-order valence-electron chi connectivity index (χ4n) is 2.48. The summed E-state index contributed by atoms with van der Waals surface area (Å²) in [5.41, 5.74) is 7.52. The number of methoxy groups -OCH3 is 1. The van der Waals surface area contributed by atoms with Crippen LogP contribution in [0.3, 0.4) is 0 Å². The lowest BCUT2D eigenvalue weighted by atomic mass is 9.86. The standard InChI is InChI=1S/C14H20N2O2/c1-14(2)11-6-4-5-7-12(11)16(13(14)17)8-10(15)9-18-3/h4-7,10H,8-9,15H2,1-3H3. The zero-order valence-electron chi connectivity index (χ0n) is 11.1. The van der Waals surface area contributed by atoms with Crippen LogP contribution in [0.5, 0.6) is 0 Å². The molecule has 1 unspecified atom stereocenters. The Hall–Kier alpha value is -1.39. The number of carbonyl (C=O) groups is 1. The molecule has 2 N–H and O–H groups in total. The van der Waals surface area contributed by atoms with Crippen LogP contribution >= 0.6 is 0 Å². The van der Waals surface area contributed by atoms with Gasteiger partial charge in [0.15, 0.2) is 0 Å². The van der Waals surface area contributed by atoms with Crippen LogP contribution in [0.4, 0.5) is 5.69 Å². The summed E-state index contributed by atoms with van der Waals surface area (Å²) >= 11 is 0. The van der Waals surface area contributed by atoms with Crippen LogP contribution in [-0.4, -0.2) is 32.2 Å². The van der Waals surface area contributed by atoms with Crippen LogP contribution < -0.4 is 10.6 Å². The van der Waals surface area contributed by atoms with Crippen LogP contribution in [0.25, 0.3) is 0 Å². The Bertz CT molecular complexity index is 457. The van der Waals surface area contributed by atoms with E-state index >= 15 is 0 Å². The van der Waals surface area contributed by atoms with Gasteiger partial charge in [-0.1, -0.05) is 18.2 Å². The third-order valence-corrected chi connectivity index (χ3v) is 3.45. The van der Waals surface area contributed by atoms with Gasteiger partial charge in [0.05, 0.1) is 12.0 Å². The second-order valence-electron chi connectivity index (χ2n) is 5.27. The Labute approximate surface area is 108 Å². The molecule has 4 heteroatoms. The van der Waals surface area contributed by atoms with Crippen molar-refractivity contribution < 1.29 is 9.53 Å². The average molecular weight is 248 g/mol. The van der Waals surface area contributed by atoms with E-state index in [9.17, 15) is 4.79 Å². The van der Waals surface area contributed by atoms with Crippen molar-refractivity contribution in [3.63, 3.8) is 0 Å². The van der Waals surface area contributed by atoms with Crippen LogP contribution in [0.1, 0.15) is 19.4 Å². The zero-order chi connectivity index (χ0) is 13.3. The van der Waals surface area contributed by atoms with Crippen molar-refractivity contribution in [3.05, 3.63) is 29.8 Å². The van der Waals surface area contributed by atoms with Crippen LogP contribution in [0, 0.1) is 0 Å². The topological polar surface area (TPSA) is 55.6 Å². The number of amides is 1. The maximum Gasteiger partial charge on any atom is 0.237 e. The number of carbonyl (C=O) groups excluding carboxylic acids is 1. The summed E-state index contributed by atoms with van der Waals surface area (Å²) in [6, 6.07) is 7.73. The lowest BCUT2D eigenvalue weighted by Gasteiger charge is -2.23. The predicted molar refractivity (Wildman–Crippen MR) is 71.7 cm³/mol. The van der Waals surface area contributed by atoms with E-state index in [0.717, 1.165) is 11.3 Å². The maximum atomic E-state index is 12.5. The highest BCUT2D eigenvalue weighted by Crippen LogP contribution is 2.41. The largest absolute Gasteiger partial charge is 0.383 e. The predicted octanol–water partition coefficient (Wildman–Crippen LogP) is 1.28. The second-order valence-corrected chi connectivity index (χ2v) is 5.27. The molecule has 0 radical (unpaired) electrons. The van der Waals surface area contributed by atoms with E-state index in [0.29, 0.717) is 13.2 Å². The van der Waals surface area contributed by atoms with Gasteiger partial charge in [-0.25, -0.2) is 0 Å². The fraction of sp³-hybridized carbons (Fsp3) is 0.500. The Morgan fingerprint density at radius 2 is 2.06 bits per heavy atom. The molecule has 1 aliphatic heterocycles. The molecule has 18 heavy (non-hydrogen) atoms. The maximum absolute atomic E-state index is 12.5. The highest BCUT2D eigenvalue weighted by Gasteiger charge is 2.43. The van der Waals surface area contributed by atoms with E-state index < -0.39 is 5.41 Å². The van der Waals surface area contributed by atoms with E-state index in [2.05, 4.69) is 0 Å². The first-order valence-electron chi connectivity index (χ1n) is 6.14. The molecule has 0 fully saturated rings. The highest BCUT2D eigenvalue weighted by molar-refractivity contribution is 6.07. The van der Waals surface area contributed by atoms with E-state index in [1.165, 1.54) is 0 Å². The van der Waals surface area contributed by atoms with Gasteiger partial charge in [0.1, 0.15) is 0 Å². The number of nitrogens with two attached hydrogens (primary N) is 1. The van der Waals surface area contributed by atoms with Gasteiger partial charge in [-0.3, -0.25) is 4.79 Å². The molecule has 0 saturated carbocycles. The van der Waals surface area contributed by atoms with Crippen molar-refractivity contribution in [1.82, 2.24) is 0 Å². The fourth-order valence-corrected chi connectivity index (χ4v) is 2.48. The summed E-state index contributed by atoms with van der Waals surface area (Å²) in [7, 11) is 1.61. The van der Waals surface area contributed by atoms with Crippen LogP contribution in [0.15, 0.2) is 24.3 Å². The van der Waals surface area contributed by atoms with E-state index in [4.69, 9.17) is 10.5 Å². The number of rotatable bonds is 4. The number of anilines is 1. The van der Waals surface area contributed by atoms with Gasteiger partial charge in [0, 0.05) is 25.4 Å². The van der Waals surface area contributed by atoms with Gasteiger partial charge in [-0.15, -0.1) is 0 Å². The summed E-state index contributed by atoms with van der Waals surface area (Å²) in [6.07, 6.45) is 0. The molecule has 1 atom stereocenters. The Morgan fingerprint density at radius 1 is 1.39 bits per heavy atom. The van der Waals surface area contributed by atoms with Gasteiger partial charge >= 0.3 is 0 Å². The number of nitrogens with zero attached hydrogens (tertiary/aromatic N) is 1. The van der Waals surface area contributed by atoms with Crippen molar-refractivity contribution in [2.45, 2.75) is 25.3 Å². The van der Waals surface area contributed by atoms with Crippen LogP contribution in [0.2, 0.25) is 0 Å². The highest BCUT2D eigenvalue weighted by atomic mass is 16.5. The van der Waals surface area contributed by atoms with Gasteiger partial charge in [0.2, 0.25) is 5.91 Å². The molecule has 1 aromatic carbocycles. The molecule has 0 aliphatic carbocycles. The number of benzene rings is 1. The van der Waals surface area contributed by atoms with E-state index in [-0.39, 0.29) is 11.9 Å². The monoisotopic (exact) mass is 248 g/mol. The smallest absolute Gasteiger partial charge is 0.237 e. The summed E-state index contributed by atoms with van der Waals surface area (Å²) in [6.45, 7) is 4.85. The molecule has 0 saturated heterocycles. The molecule has 4 nitrogen and oxygen atoms in total. The Morgan fingerprint density at radius 3 is 2.72 bits per heavy atom. The number of para-hydroxylation sites is 1. The Balaban J connectivity index is 2.30. The summed E-state index contributed by atoms with van der Waals surface area (Å²) in [5, 5.41) is 0. The molecule has 0 spiro atoms. The lowest BCUT2D eigenvalue weighted by Crippen LogP contribution is -2.44. The van der Waals surface area contributed by atoms with Crippen molar-refractivity contribution >= 4 is 11.6 Å². The minimum atomic E-state index is -0.469. The van der Waals surface area contributed by atoms with E-state index in [1.807, 2.05) is 38.1 Å². The molecule has 98 valence electrons. The number of ether oxygens (including phenoxy) is 1. The molecule has 0 aromatic heterocycles. The quantitative estimate of drug-likeness (QED) is 0.873. The van der Waals surface area contributed by atoms with Crippen molar-refractivity contribution in [2.24, 2.45) is 5.73 Å². The van der Waals surface area contributed by atoms with Gasteiger partial charge < -0.3 is 15.4 Å². The van der Waals surface area contributed by atoms with Crippen molar-refractivity contribution in [2.75, 3.05) is 25.2 Å². The minimum Gasteiger partial charge on any atom is -0.383 e. The first-order valence-corrected chi connectivity index (χ1v) is 6.14. The lowest BCUT2D eigenvalue weighted by molar-refractivity contribution is -0.122. The third-order valence-electron chi connectivity index (χ3n) is 3.45. The molecular weight excluding hydrogens is 228 g/mol. The minimum absolute atomic E-state index is 0.107.